The Labute approximate surface area is 176 Å². The summed E-state index contributed by atoms with van der Waals surface area (Å²) in [5.41, 5.74) is -2.76. The van der Waals surface area contributed by atoms with Crippen LogP contribution < -0.4 is 9.46 Å². The van der Waals surface area contributed by atoms with Gasteiger partial charge in [0.1, 0.15) is 11.4 Å². The Morgan fingerprint density at radius 3 is 2.55 bits per heavy atom. The molecule has 2 heterocycles. The molecule has 2 aromatic heterocycles. The van der Waals surface area contributed by atoms with E-state index in [9.17, 15) is 36.5 Å². The lowest BCUT2D eigenvalue weighted by Crippen LogP contribution is -2.31. The monoisotopic (exact) mass is 478 g/mol. The number of rotatable bonds is 5. The van der Waals surface area contributed by atoms with E-state index in [1.54, 1.807) is 4.72 Å². The minimum absolute atomic E-state index is 0.0300. The summed E-state index contributed by atoms with van der Waals surface area (Å²) in [7, 11) is -3.58. The van der Waals surface area contributed by atoms with Gasteiger partial charge in [-0.15, -0.1) is 0 Å². The van der Waals surface area contributed by atoms with Crippen LogP contribution in [0.2, 0.25) is 5.02 Å². The standard InChI is InChI=1S/C16H10ClF3N4O6S/c1-30-9-2-3-12(24(26)27)13(5-9)31(28,29)22-15(25)11-7-23-6-8(16(18,19)20)4-10(17)14(23)21-11/h2-7H,1H3,(H,22,25). The number of pyridine rings is 1. The molecule has 0 spiro atoms. The number of ether oxygens (including phenoxy) is 1. The van der Waals surface area contributed by atoms with E-state index >= 15 is 0 Å². The summed E-state index contributed by atoms with van der Waals surface area (Å²) in [5, 5.41) is 10.7. The molecule has 10 nitrogen and oxygen atoms in total. The number of halogens is 4. The van der Waals surface area contributed by atoms with Crippen LogP contribution >= 0.6 is 11.6 Å². The number of hydrogen-bond donors (Lipinski definition) is 1. The summed E-state index contributed by atoms with van der Waals surface area (Å²) in [5.74, 6) is -1.37. The zero-order chi connectivity index (χ0) is 23.1. The summed E-state index contributed by atoms with van der Waals surface area (Å²) in [6.07, 6.45) is -3.27. The number of amides is 1. The molecule has 1 aromatic carbocycles. The van der Waals surface area contributed by atoms with E-state index in [-0.39, 0.29) is 11.4 Å². The first kappa shape index (κ1) is 22.3. The average molecular weight is 479 g/mol. The molecule has 0 saturated carbocycles. The van der Waals surface area contributed by atoms with Crippen LogP contribution in [-0.2, 0) is 16.2 Å². The summed E-state index contributed by atoms with van der Waals surface area (Å²) < 4.78 is 71.2. The number of nitrogens with zero attached hydrogens (tertiary/aromatic N) is 3. The van der Waals surface area contributed by atoms with Crippen molar-refractivity contribution in [3.8, 4) is 5.75 Å². The highest BCUT2D eigenvalue weighted by Gasteiger charge is 2.33. The number of fused-ring (bicyclic) bond motifs is 1. The third-order valence-corrected chi connectivity index (χ3v) is 5.58. The molecule has 0 bridgehead atoms. The van der Waals surface area contributed by atoms with Gasteiger partial charge >= 0.3 is 6.18 Å². The lowest BCUT2D eigenvalue weighted by Gasteiger charge is -2.08. The molecule has 1 N–H and O–H groups in total. The van der Waals surface area contributed by atoms with Crippen LogP contribution in [0.5, 0.6) is 5.75 Å². The van der Waals surface area contributed by atoms with Gasteiger partial charge in [0.2, 0.25) is 0 Å². The maximum absolute atomic E-state index is 12.9. The number of imidazole rings is 1. The molecule has 0 aliphatic rings. The van der Waals surface area contributed by atoms with Gasteiger partial charge in [-0.05, 0) is 12.1 Å². The van der Waals surface area contributed by atoms with Gasteiger partial charge in [0, 0.05) is 24.5 Å². The number of carbonyl (C=O) groups is 1. The number of nitro groups is 1. The van der Waals surface area contributed by atoms with Gasteiger partial charge in [0.05, 0.1) is 22.6 Å². The van der Waals surface area contributed by atoms with E-state index in [1.807, 2.05) is 0 Å². The van der Waals surface area contributed by atoms with Gasteiger partial charge in [-0.1, -0.05) is 11.6 Å². The fraction of sp³-hybridized carbons (Fsp3) is 0.125. The average Bonchev–Trinajstić information content (AvgIpc) is 3.11. The fourth-order valence-electron chi connectivity index (χ4n) is 2.54. The Hall–Kier alpha value is -3.39. The van der Waals surface area contributed by atoms with Crippen LogP contribution in [0.3, 0.4) is 0 Å². The molecule has 0 aliphatic carbocycles. The second kappa shape index (κ2) is 7.70. The van der Waals surface area contributed by atoms with Crippen LogP contribution in [0.25, 0.3) is 5.65 Å². The molecule has 0 radical (unpaired) electrons. The molecule has 1 amide bonds. The first-order valence-corrected chi connectivity index (χ1v) is 9.84. The highest BCUT2D eigenvalue weighted by atomic mass is 35.5. The number of hydrogen-bond acceptors (Lipinski definition) is 7. The third kappa shape index (κ3) is 4.39. The maximum atomic E-state index is 12.9. The second-order valence-corrected chi connectivity index (χ2v) is 8.01. The molecule has 3 aromatic rings. The molecule has 0 atom stereocenters. The number of aromatic nitrogens is 2. The van der Waals surface area contributed by atoms with Gasteiger partial charge in [-0.2, -0.15) is 13.2 Å². The van der Waals surface area contributed by atoms with Crippen LogP contribution in [0.1, 0.15) is 16.1 Å². The smallest absolute Gasteiger partial charge is 0.417 e. The Kier molecular flexibility index (Phi) is 5.54. The van der Waals surface area contributed by atoms with Gasteiger partial charge in [-0.3, -0.25) is 14.9 Å². The highest BCUT2D eigenvalue weighted by molar-refractivity contribution is 7.90. The van der Waals surface area contributed by atoms with E-state index in [2.05, 4.69) is 4.98 Å². The molecule has 164 valence electrons. The summed E-state index contributed by atoms with van der Waals surface area (Å²) in [4.78, 5) is 25.5. The minimum atomic E-state index is -4.78. The Morgan fingerprint density at radius 1 is 1.29 bits per heavy atom. The second-order valence-electron chi connectivity index (χ2n) is 5.96. The number of alkyl halides is 3. The van der Waals surface area contributed by atoms with Crippen LogP contribution in [0.4, 0.5) is 18.9 Å². The first-order chi connectivity index (χ1) is 14.3. The zero-order valence-corrected chi connectivity index (χ0v) is 16.7. The van der Waals surface area contributed by atoms with Crippen molar-refractivity contribution in [2.24, 2.45) is 0 Å². The molecular formula is C16H10ClF3N4O6S. The van der Waals surface area contributed by atoms with Gasteiger partial charge in [0.15, 0.2) is 10.5 Å². The van der Waals surface area contributed by atoms with E-state index in [1.165, 1.54) is 7.11 Å². The van der Waals surface area contributed by atoms with E-state index in [0.717, 1.165) is 28.8 Å². The van der Waals surface area contributed by atoms with Crippen molar-refractivity contribution in [3.63, 3.8) is 0 Å². The van der Waals surface area contributed by atoms with Crippen molar-refractivity contribution in [2.75, 3.05) is 7.11 Å². The predicted molar refractivity (Wildman–Crippen MR) is 99.5 cm³/mol. The Balaban J connectivity index is 2.00. The summed E-state index contributed by atoms with van der Waals surface area (Å²) in [6, 6.07) is 3.47. The van der Waals surface area contributed by atoms with E-state index in [4.69, 9.17) is 16.3 Å². The number of nitro benzene ring substituents is 1. The van der Waals surface area contributed by atoms with Crippen LogP contribution in [-0.4, -0.2) is 35.7 Å². The lowest BCUT2D eigenvalue weighted by atomic mass is 10.3. The van der Waals surface area contributed by atoms with Crippen molar-refractivity contribution in [1.82, 2.24) is 14.1 Å². The topological polar surface area (TPSA) is 133 Å². The normalized spacial score (nSPS) is 12.0. The molecule has 0 saturated heterocycles. The molecular weight excluding hydrogens is 469 g/mol. The Bertz CT molecular complexity index is 1320. The molecule has 0 aliphatic heterocycles. The van der Waals surface area contributed by atoms with Crippen molar-refractivity contribution in [2.45, 2.75) is 11.1 Å². The molecule has 31 heavy (non-hydrogen) atoms. The quantitative estimate of drug-likeness (QED) is 0.440. The SMILES string of the molecule is COc1ccc([N+](=O)[O-])c(S(=O)(=O)NC(=O)c2cn3cc(C(F)(F)F)cc(Cl)c3n2)c1. The largest absolute Gasteiger partial charge is 0.497 e. The number of benzene rings is 1. The lowest BCUT2D eigenvalue weighted by molar-refractivity contribution is -0.387. The predicted octanol–water partition coefficient (Wildman–Crippen LogP) is 3.04. The van der Waals surface area contributed by atoms with Crippen LogP contribution in [0, 0.1) is 10.1 Å². The third-order valence-electron chi connectivity index (χ3n) is 3.95. The van der Waals surface area contributed by atoms with Crippen molar-refractivity contribution < 1.29 is 36.0 Å². The van der Waals surface area contributed by atoms with E-state index in [0.29, 0.717) is 12.3 Å². The number of methoxy groups -OCH3 is 1. The number of carbonyl (C=O) groups excluding carboxylic acids is 1. The van der Waals surface area contributed by atoms with E-state index < -0.39 is 53.9 Å². The molecule has 0 fully saturated rings. The van der Waals surface area contributed by atoms with Crippen molar-refractivity contribution in [3.05, 3.63) is 63.1 Å². The molecule has 15 heteroatoms. The number of sulfonamides is 1. The van der Waals surface area contributed by atoms with Crippen LogP contribution in [0.15, 0.2) is 41.6 Å². The minimum Gasteiger partial charge on any atom is -0.497 e. The number of nitrogens with one attached hydrogen (secondary N) is 1. The van der Waals surface area contributed by atoms with Crippen molar-refractivity contribution >= 4 is 38.9 Å². The molecule has 3 rings (SSSR count). The summed E-state index contributed by atoms with van der Waals surface area (Å²) >= 11 is 5.78. The maximum Gasteiger partial charge on any atom is 0.417 e. The van der Waals surface area contributed by atoms with Gasteiger partial charge < -0.3 is 9.14 Å². The van der Waals surface area contributed by atoms with Crippen molar-refractivity contribution in [1.29, 1.82) is 0 Å². The Morgan fingerprint density at radius 2 is 1.97 bits per heavy atom. The van der Waals surface area contributed by atoms with Gasteiger partial charge in [-0.25, -0.2) is 18.1 Å². The first-order valence-electron chi connectivity index (χ1n) is 7.98. The fourth-order valence-corrected chi connectivity index (χ4v) is 3.94. The zero-order valence-electron chi connectivity index (χ0n) is 15.2. The summed E-state index contributed by atoms with van der Waals surface area (Å²) in [6.45, 7) is 0. The molecule has 0 unspecified atom stereocenters. The highest BCUT2D eigenvalue weighted by Crippen LogP contribution is 2.32. The van der Waals surface area contributed by atoms with Gasteiger partial charge in [0.25, 0.3) is 21.6 Å².